The van der Waals surface area contributed by atoms with E-state index in [0.717, 1.165) is 22.2 Å². The topological polar surface area (TPSA) is 157 Å². The molecular formula is C35H29N3O8. The Morgan fingerprint density at radius 3 is 2.46 bits per heavy atom. The number of cyclic esters (lactones) is 1. The molecule has 0 radical (unpaired) electrons. The number of hydrogen-bond acceptors (Lipinski definition) is 9. The van der Waals surface area contributed by atoms with E-state index in [0.29, 0.717) is 34.8 Å². The quantitative estimate of drug-likeness (QED) is 0.189. The number of pyridine rings is 2. The van der Waals surface area contributed by atoms with Crippen LogP contribution < -0.4 is 15.6 Å². The molecule has 0 bridgehead atoms. The lowest BCUT2D eigenvalue weighted by Gasteiger charge is -2.31. The molecule has 1 atom stereocenters. The van der Waals surface area contributed by atoms with E-state index in [1.807, 2.05) is 30.3 Å². The van der Waals surface area contributed by atoms with E-state index < -0.39 is 17.5 Å². The van der Waals surface area contributed by atoms with Crippen LogP contribution in [0.3, 0.4) is 0 Å². The van der Waals surface area contributed by atoms with Crippen molar-refractivity contribution in [1.29, 1.82) is 0 Å². The Labute approximate surface area is 262 Å². The predicted molar refractivity (Wildman–Crippen MR) is 168 cm³/mol. The molecule has 2 aromatic heterocycles. The van der Waals surface area contributed by atoms with Gasteiger partial charge in [-0.1, -0.05) is 37.3 Å². The van der Waals surface area contributed by atoms with Gasteiger partial charge in [0.15, 0.2) is 5.60 Å². The van der Waals surface area contributed by atoms with Crippen molar-refractivity contribution in [2.75, 3.05) is 5.32 Å². The average molecular weight is 620 g/mol. The molecule has 0 aliphatic carbocycles. The monoisotopic (exact) mass is 619 g/mol. The summed E-state index contributed by atoms with van der Waals surface area (Å²) in [5.74, 6) is -1.33. The fourth-order valence-corrected chi connectivity index (χ4v) is 5.54. The summed E-state index contributed by atoms with van der Waals surface area (Å²) in [5.41, 5.74) is 2.52. The second-order valence-corrected chi connectivity index (χ2v) is 10.9. The number of esters is 2. The maximum Gasteiger partial charge on any atom is 0.347 e. The smallest absolute Gasteiger partial charge is 0.347 e. The van der Waals surface area contributed by atoms with E-state index >= 15 is 0 Å². The third kappa shape index (κ3) is 5.48. The Bertz CT molecular complexity index is 2090. The van der Waals surface area contributed by atoms with Crippen molar-refractivity contribution in [1.82, 2.24) is 9.55 Å². The number of rotatable bonds is 4. The van der Waals surface area contributed by atoms with Gasteiger partial charge in [-0.25, -0.2) is 14.6 Å². The number of carbonyl (C=O) groups is 3. The van der Waals surface area contributed by atoms with Crippen molar-refractivity contribution >= 4 is 34.4 Å². The summed E-state index contributed by atoms with van der Waals surface area (Å²) in [6.07, 6.45) is 0.139. The van der Waals surface area contributed by atoms with Gasteiger partial charge in [0.2, 0.25) is 5.91 Å². The highest BCUT2D eigenvalue weighted by atomic mass is 16.6. The highest BCUT2D eigenvalue weighted by Crippen LogP contribution is 2.38. The van der Waals surface area contributed by atoms with Gasteiger partial charge in [-0.3, -0.25) is 9.59 Å². The summed E-state index contributed by atoms with van der Waals surface area (Å²) in [5, 5.41) is 24.0. The fraction of sp³-hybridized carbons (Fsp3) is 0.171. The van der Waals surface area contributed by atoms with E-state index in [9.17, 15) is 29.4 Å². The number of aliphatic hydroxyl groups is 1. The first kappa shape index (κ1) is 30.2. The Morgan fingerprint density at radius 1 is 1.02 bits per heavy atom. The maximum atomic E-state index is 13.0. The van der Waals surface area contributed by atoms with Crippen LogP contribution in [-0.4, -0.2) is 37.6 Å². The number of aromatic nitrogens is 2. The third-order valence-corrected chi connectivity index (χ3v) is 7.93. The Kier molecular flexibility index (Phi) is 7.85. The van der Waals surface area contributed by atoms with Crippen molar-refractivity contribution in [3.63, 3.8) is 0 Å². The van der Waals surface area contributed by atoms with Gasteiger partial charge in [-0.05, 0) is 61.0 Å². The molecule has 0 spiro atoms. The molecule has 0 saturated heterocycles. The van der Waals surface area contributed by atoms with Crippen LogP contribution in [0.2, 0.25) is 0 Å². The van der Waals surface area contributed by atoms with E-state index in [-0.39, 0.29) is 35.8 Å². The van der Waals surface area contributed by atoms with Gasteiger partial charge in [0.05, 0.1) is 29.0 Å². The summed E-state index contributed by atoms with van der Waals surface area (Å²) < 4.78 is 11.8. The van der Waals surface area contributed by atoms with Gasteiger partial charge >= 0.3 is 11.9 Å². The molecule has 11 heteroatoms. The molecule has 4 heterocycles. The van der Waals surface area contributed by atoms with Gasteiger partial charge in [0.25, 0.3) is 5.56 Å². The Hall–Kier alpha value is -5.81. The number of anilines is 1. The standard InChI is InChI=1S/C20H16N2O4.C15H13NO4/c1-2-20(25)14-8-16-17-12(7-11-5-3-4-6-15(11)21-17)9-22(16)18(23)13(14)10-26-19(20)24;1-10(17)16-11-6-8-12(9-7-11)20-15(19)13-4-2-3-5-14(13)18/h3-8,25H,2,9-10H2,1H3;2-9,18H,1H3,(H,16,17). The average Bonchev–Trinajstić information content (AvgIpc) is 3.41. The molecular weight excluding hydrogens is 590 g/mol. The SMILES string of the molecule is CC(=O)Nc1ccc(OC(=O)c2ccccc2O)cc1.CCC1(O)C(=O)OCc2c1cc1n(c2=O)Cc2cc3ccccc3nc2-1. The number of nitrogens with one attached hydrogen (secondary N) is 1. The number of aromatic hydroxyl groups is 1. The zero-order valence-corrected chi connectivity index (χ0v) is 24.9. The summed E-state index contributed by atoms with van der Waals surface area (Å²) in [7, 11) is 0. The molecule has 5 aromatic rings. The Balaban J connectivity index is 0.000000168. The van der Waals surface area contributed by atoms with Gasteiger partial charge in [0.1, 0.15) is 23.7 Å². The van der Waals surface area contributed by atoms with Gasteiger partial charge in [-0.15, -0.1) is 0 Å². The molecule has 11 nitrogen and oxygen atoms in total. The van der Waals surface area contributed by atoms with E-state index in [4.69, 9.17) is 14.5 Å². The molecule has 7 rings (SSSR count). The lowest BCUT2D eigenvalue weighted by molar-refractivity contribution is -0.172. The summed E-state index contributed by atoms with van der Waals surface area (Å²) in [4.78, 5) is 52.6. The number of carbonyl (C=O) groups excluding carboxylic acids is 3. The van der Waals surface area contributed by atoms with E-state index in [1.54, 1.807) is 54.0 Å². The molecule has 3 aromatic carbocycles. The number of fused-ring (bicyclic) bond motifs is 5. The molecule has 0 saturated carbocycles. The molecule has 1 amide bonds. The third-order valence-electron chi connectivity index (χ3n) is 7.93. The number of phenols is 1. The lowest BCUT2D eigenvalue weighted by Crippen LogP contribution is -2.44. The maximum absolute atomic E-state index is 13.0. The number of hydrogen-bond donors (Lipinski definition) is 3. The molecule has 0 fully saturated rings. The lowest BCUT2D eigenvalue weighted by atomic mass is 9.86. The zero-order chi connectivity index (χ0) is 32.6. The second-order valence-electron chi connectivity index (χ2n) is 10.9. The van der Waals surface area contributed by atoms with Gasteiger partial charge in [0, 0.05) is 29.1 Å². The minimum atomic E-state index is -1.79. The second kappa shape index (κ2) is 11.9. The highest BCUT2D eigenvalue weighted by molar-refractivity contribution is 5.94. The summed E-state index contributed by atoms with van der Waals surface area (Å²) in [6.45, 7) is 3.42. The number of nitrogens with zero attached hydrogens (tertiary/aromatic N) is 2. The van der Waals surface area contributed by atoms with Crippen molar-refractivity contribution in [3.05, 3.63) is 118 Å². The number of para-hydroxylation sites is 2. The van der Waals surface area contributed by atoms with E-state index in [1.165, 1.54) is 19.1 Å². The van der Waals surface area contributed by atoms with Crippen LogP contribution in [-0.2, 0) is 33.1 Å². The van der Waals surface area contributed by atoms with Crippen LogP contribution in [0.1, 0.15) is 47.3 Å². The normalized spacial score (nSPS) is 15.8. The van der Waals surface area contributed by atoms with Crippen LogP contribution in [0.5, 0.6) is 11.5 Å². The largest absolute Gasteiger partial charge is 0.507 e. The Morgan fingerprint density at radius 2 is 1.74 bits per heavy atom. The van der Waals surface area contributed by atoms with Crippen molar-refractivity contribution < 1.29 is 34.1 Å². The minimum absolute atomic E-state index is 0.0958. The van der Waals surface area contributed by atoms with Crippen LogP contribution in [0.25, 0.3) is 22.3 Å². The minimum Gasteiger partial charge on any atom is -0.507 e. The first-order valence-electron chi connectivity index (χ1n) is 14.5. The highest BCUT2D eigenvalue weighted by Gasteiger charge is 2.45. The van der Waals surface area contributed by atoms with Crippen molar-refractivity contribution in [3.8, 4) is 22.9 Å². The number of amides is 1. The van der Waals surface area contributed by atoms with Crippen LogP contribution in [0.15, 0.2) is 89.7 Å². The van der Waals surface area contributed by atoms with Crippen LogP contribution in [0, 0.1) is 0 Å². The fourth-order valence-electron chi connectivity index (χ4n) is 5.54. The van der Waals surface area contributed by atoms with E-state index in [2.05, 4.69) is 5.32 Å². The molecule has 46 heavy (non-hydrogen) atoms. The molecule has 3 N–H and O–H groups in total. The van der Waals surface area contributed by atoms with Crippen LogP contribution >= 0.6 is 0 Å². The first-order valence-corrected chi connectivity index (χ1v) is 14.5. The molecule has 232 valence electrons. The number of benzene rings is 3. The van der Waals surface area contributed by atoms with Crippen LogP contribution in [0.4, 0.5) is 5.69 Å². The number of phenolic OH excluding ortho intramolecular Hbond substituents is 1. The first-order chi connectivity index (χ1) is 22.1. The summed E-state index contributed by atoms with van der Waals surface area (Å²) >= 11 is 0. The van der Waals surface area contributed by atoms with Crippen molar-refractivity contribution in [2.45, 2.75) is 39.0 Å². The number of ether oxygens (including phenoxy) is 2. The summed E-state index contributed by atoms with van der Waals surface area (Å²) in [6, 6.07) is 24.1. The van der Waals surface area contributed by atoms with Crippen molar-refractivity contribution in [2.24, 2.45) is 0 Å². The molecule has 2 aliphatic rings. The van der Waals surface area contributed by atoms with Gasteiger partial charge in [-0.2, -0.15) is 0 Å². The molecule has 2 aliphatic heterocycles. The predicted octanol–water partition coefficient (Wildman–Crippen LogP) is 4.65. The zero-order valence-electron chi connectivity index (χ0n) is 24.9. The molecule has 1 unspecified atom stereocenters. The van der Waals surface area contributed by atoms with Gasteiger partial charge < -0.3 is 29.6 Å².